The molecule has 0 atom stereocenters. The third-order valence-corrected chi connectivity index (χ3v) is 5.64. The maximum atomic E-state index is 11.8. The lowest BCUT2D eigenvalue weighted by molar-refractivity contribution is 0.595. The van der Waals surface area contributed by atoms with Gasteiger partial charge in [0, 0.05) is 15.6 Å². The summed E-state index contributed by atoms with van der Waals surface area (Å²) in [5, 5.41) is 10.4. The zero-order valence-corrected chi connectivity index (χ0v) is 13.7. The molecule has 0 spiro atoms. The summed E-state index contributed by atoms with van der Waals surface area (Å²) >= 11 is 3.12. The van der Waals surface area contributed by atoms with Gasteiger partial charge in [0.2, 0.25) is 20.0 Å². The second-order valence-corrected chi connectivity index (χ2v) is 8.09. The van der Waals surface area contributed by atoms with Crippen LogP contribution in [0.1, 0.15) is 0 Å². The fourth-order valence-corrected chi connectivity index (χ4v) is 4.57. The Kier molecular flexibility index (Phi) is 4.22. The van der Waals surface area contributed by atoms with Crippen LogP contribution in [0.4, 0.5) is 0 Å². The highest BCUT2D eigenvalue weighted by atomic mass is 79.9. The minimum atomic E-state index is -4.06. The van der Waals surface area contributed by atoms with E-state index in [1.807, 2.05) is 0 Å². The summed E-state index contributed by atoms with van der Waals surface area (Å²) in [7, 11) is -8.06. The van der Waals surface area contributed by atoms with Crippen LogP contribution in [0.25, 0.3) is 11.1 Å². The Morgan fingerprint density at radius 1 is 0.762 bits per heavy atom. The lowest BCUT2D eigenvalue weighted by Crippen LogP contribution is -2.16. The molecule has 2 aromatic rings. The van der Waals surface area contributed by atoms with Gasteiger partial charge in [0.15, 0.2) is 0 Å². The van der Waals surface area contributed by atoms with Crippen molar-refractivity contribution in [1.29, 1.82) is 0 Å². The highest BCUT2D eigenvalue weighted by molar-refractivity contribution is 9.10. The van der Waals surface area contributed by atoms with Crippen LogP contribution in [-0.2, 0) is 20.0 Å². The molecule has 0 unspecified atom stereocenters. The molecule has 9 heteroatoms. The van der Waals surface area contributed by atoms with E-state index in [0.29, 0.717) is 0 Å². The summed E-state index contributed by atoms with van der Waals surface area (Å²) < 4.78 is 47.1. The van der Waals surface area contributed by atoms with Crippen molar-refractivity contribution < 1.29 is 16.8 Å². The predicted molar refractivity (Wildman–Crippen MR) is 82.3 cm³/mol. The van der Waals surface area contributed by atoms with Gasteiger partial charge in [-0.25, -0.2) is 27.1 Å². The summed E-state index contributed by atoms with van der Waals surface area (Å²) in [4.78, 5) is -0.367. The third-order valence-electron chi connectivity index (χ3n) is 2.74. The number of hydrogen-bond donors (Lipinski definition) is 2. The number of nitrogens with two attached hydrogens (primary N) is 2. The fourth-order valence-electron chi connectivity index (χ4n) is 1.95. The Balaban J connectivity index is 2.92. The summed E-state index contributed by atoms with van der Waals surface area (Å²) in [5.74, 6) is 0. The minimum absolute atomic E-state index is 0.163. The van der Waals surface area contributed by atoms with Crippen molar-refractivity contribution in [2.45, 2.75) is 9.79 Å². The van der Waals surface area contributed by atoms with E-state index in [0.717, 1.165) is 0 Å². The molecule has 0 heterocycles. The molecule has 0 aliphatic heterocycles. The highest BCUT2D eigenvalue weighted by Crippen LogP contribution is 2.35. The van der Waals surface area contributed by atoms with E-state index in [4.69, 9.17) is 10.3 Å². The van der Waals surface area contributed by atoms with Crippen molar-refractivity contribution in [1.82, 2.24) is 0 Å². The molecular formula is C12H11BrN2O4S2. The van der Waals surface area contributed by atoms with Crippen LogP contribution < -0.4 is 10.3 Å². The van der Waals surface area contributed by atoms with Crippen LogP contribution in [0.5, 0.6) is 0 Å². The quantitative estimate of drug-likeness (QED) is 0.822. The lowest BCUT2D eigenvalue weighted by atomic mass is 10.1. The van der Waals surface area contributed by atoms with Crippen molar-refractivity contribution in [2.75, 3.05) is 0 Å². The van der Waals surface area contributed by atoms with Crippen LogP contribution in [0, 0.1) is 0 Å². The predicted octanol–water partition coefficient (Wildman–Crippen LogP) is 1.41. The Bertz CT molecular complexity index is 909. The molecule has 4 N–H and O–H groups in total. The first-order valence-corrected chi connectivity index (χ1v) is 9.44. The van der Waals surface area contributed by atoms with Crippen molar-refractivity contribution in [3.8, 4) is 11.1 Å². The number of hydrogen-bond acceptors (Lipinski definition) is 4. The van der Waals surface area contributed by atoms with Gasteiger partial charge in [-0.3, -0.25) is 0 Å². The van der Waals surface area contributed by atoms with Crippen molar-refractivity contribution >= 4 is 36.0 Å². The van der Waals surface area contributed by atoms with Gasteiger partial charge in [0.05, 0.1) is 4.90 Å². The first kappa shape index (κ1) is 16.1. The lowest BCUT2D eigenvalue weighted by Gasteiger charge is -2.12. The van der Waals surface area contributed by atoms with E-state index in [2.05, 4.69) is 15.9 Å². The minimum Gasteiger partial charge on any atom is -0.225 e. The number of primary sulfonamides is 2. The average Bonchev–Trinajstić information content (AvgIpc) is 2.36. The van der Waals surface area contributed by atoms with Gasteiger partial charge in [-0.2, -0.15) is 0 Å². The summed E-state index contributed by atoms with van der Waals surface area (Å²) in [6, 6.07) is 10.4. The maximum Gasteiger partial charge on any atom is 0.239 e. The van der Waals surface area contributed by atoms with E-state index in [1.54, 1.807) is 12.1 Å². The molecule has 0 aromatic heterocycles. The van der Waals surface area contributed by atoms with Crippen molar-refractivity contribution in [3.63, 3.8) is 0 Å². The zero-order valence-electron chi connectivity index (χ0n) is 10.5. The van der Waals surface area contributed by atoms with E-state index in [1.165, 1.54) is 30.3 Å². The normalized spacial score (nSPS) is 12.3. The fraction of sp³-hybridized carbons (Fsp3) is 0. The van der Waals surface area contributed by atoms with E-state index in [9.17, 15) is 16.8 Å². The van der Waals surface area contributed by atoms with Crippen molar-refractivity contribution in [2.24, 2.45) is 10.3 Å². The topological polar surface area (TPSA) is 120 Å². The number of sulfonamides is 2. The number of benzene rings is 2. The molecule has 0 saturated heterocycles. The Morgan fingerprint density at radius 2 is 1.33 bits per heavy atom. The van der Waals surface area contributed by atoms with Gasteiger partial charge in [0.25, 0.3) is 0 Å². The largest absolute Gasteiger partial charge is 0.239 e. The highest BCUT2D eigenvalue weighted by Gasteiger charge is 2.23. The summed E-state index contributed by atoms with van der Waals surface area (Å²) in [5.41, 5.74) is 0.335. The first-order valence-electron chi connectivity index (χ1n) is 5.56. The van der Waals surface area contributed by atoms with Crippen LogP contribution in [0.2, 0.25) is 0 Å². The molecule has 0 saturated carbocycles. The third kappa shape index (κ3) is 3.33. The van der Waals surface area contributed by atoms with Crippen LogP contribution >= 0.6 is 15.9 Å². The molecule has 0 aliphatic rings. The molecule has 0 amide bonds. The van der Waals surface area contributed by atoms with E-state index in [-0.39, 0.29) is 25.4 Å². The molecule has 2 rings (SSSR count). The smallest absolute Gasteiger partial charge is 0.225 e. The molecule has 21 heavy (non-hydrogen) atoms. The van der Waals surface area contributed by atoms with Crippen LogP contribution in [0.15, 0.2) is 56.7 Å². The second kappa shape index (κ2) is 5.50. The van der Waals surface area contributed by atoms with E-state index < -0.39 is 20.0 Å². The van der Waals surface area contributed by atoms with Crippen LogP contribution in [0.3, 0.4) is 0 Å². The maximum absolute atomic E-state index is 11.8. The summed E-state index contributed by atoms with van der Waals surface area (Å²) in [6.45, 7) is 0. The molecular weight excluding hydrogens is 380 g/mol. The Hall–Kier alpha value is -1.26. The van der Waals surface area contributed by atoms with Gasteiger partial charge in [-0.05, 0) is 28.1 Å². The van der Waals surface area contributed by atoms with Crippen LogP contribution in [-0.4, -0.2) is 16.8 Å². The standard InChI is InChI=1S/C12H11BrN2O4S2/c13-10-6-3-5-9(12(10)21(15,18)19)8-4-1-2-7-11(8)20(14,16)17/h1-7H,(H2,14,16,17)(H2,15,18,19). The summed E-state index contributed by atoms with van der Waals surface area (Å²) in [6.07, 6.45) is 0. The molecule has 0 aliphatic carbocycles. The van der Waals surface area contributed by atoms with Gasteiger partial charge in [-0.1, -0.05) is 30.3 Å². The molecule has 6 nitrogen and oxygen atoms in total. The van der Waals surface area contributed by atoms with Gasteiger partial charge < -0.3 is 0 Å². The Labute approximate surface area is 131 Å². The number of halogens is 1. The Morgan fingerprint density at radius 3 is 1.90 bits per heavy atom. The van der Waals surface area contributed by atoms with Gasteiger partial charge >= 0.3 is 0 Å². The molecule has 112 valence electrons. The average molecular weight is 391 g/mol. The van der Waals surface area contributed by atoms with Gasteiger partial charge in [0.1, 0.15) is 4.90 Å². The molecule has 0 radical (unpaired) electrons. The first-order chi connectivity index (χ1) is 9.62. The number of rotatable bonds is 3. The molecule has 0 fully saturated rings. The van der Waals surface area contributed by atoms with Gasteiger partial charge in [-0.15, -0.1) is 0 Å². The molecule has 2 aromatic carbocycles. The van der Waals surface area contributed by atoms with Crippen molar-refractivity contribution in [3.05, 3.63) is 46.9 Å². The second-order valence-electron chi connectivity index (χ2n) is 4.20. The molecule has 0 bridgehead atoms. The SMILES string of the molecule is NS(=O)(=O)c1ccccc1-c1cccc(Br)c1S(N)(=O)=O. The zero-order chi connectivity index (χ0) is 15.8. The van der Waals surface area contributed by atoms with E-state index >= 15 is 0 Å². The monoisotopic (exact) mass is 390 g/mol.